The molecule has 1 aliphatic rings. The van der Waals surface area contributed by atoms with Gasteiger partial charge in [0, 0.05) is 5.41 Å². The van der Waals surface area contributed by atoms with E-state index in [0.717, 1.165) is 0 Å². The minimum absolute atomic E-state index is 0.0623. The van der Waals surface area contributed by atoms with E-state index in [1.807, 2.05) is 0 Å². The van der Waals surface area contributed by atoms with Crippen LogP contribution in [-0.4, -0.2) is 0 Å². The summed E-state index contributed by atoms with van der Waals surface area (Å²) in [6.07, 6.45) is 0. The average Bonchev–Trinajstić information content (AvgIpc) is 3.34. The van der Waals surface area contributed by atoms with Crippen LogP contribution < -0.4 is 0 Å². The maximum Gasteiger partial charge on any atom is 0.0159 e. The summed E-state index contributed by atoms with van der Waals surface area (Å²) in [7, 11) is 0. The van der Waals surface area contributed by atoms with E-state index in [2.05, 4.69) is 179 Å². The van der Waals surface area contributed by atoms with Crippen molar-refractivity contribution in [3.63, 3.8) is 0 Å². The van der Waals surface area contributed by atoms with Crippen molar-refractivity contribution in [3.05, 3.63) is 168 Å². The fraction of sp³-hybridized carbons (Fsp3) is 0.125. The van der Waals surface area contributed by atoms with E-state index in [1.165, 1.54) is 93.5 Å². The zero-order chi connectivity index (χ0) is 32.6. The molecule has 230 valence electrons. The van der Waals surface area contributed by atoms with Gasteiger partial charge in [-0.2, -0.15) is 0 Å². The van der Waals surface area contributed by atoms with Crippen molar-refractivity contribution < 1.29 is 0 Å². The summed E-state index contributed by atoms with van der Waals surface area (Å²) in [5, 5.41) is 7.69. The molecule has 0 saturated carbocycles. The van der Waals surface area contributed by atoms with E-state index in [0.29, 0.717) is 5.92 Å². The van der Waals surface area contributed by atoms with E-state index in [1.54, 1.807) is 0 Å². The molecule has 8 aromatic rings. The van der Waals surface area contributed by atoms with Gasteiger partial charge >= 0.3 is 0 Å². The second-order valence-electron chi connectivity index (χ2n) is 14.5. The molecule has 0 aliphatic heterocycles. The first kappa shape index (κ1) is 28.7. The van der Waals surface area contributed by atoms with Gasteiger partial charge in [-0.15, -0.1) is 0 Å². The third kappa shape index (κ3) is 4.67. The van der Waals surface area contributed by atoms with E-state index in [4.69, 9.17) is 0 Å². The molecular formula is C48H38. The topological polar surface area (TPSA) is 0 Å². The maximum atomic E-state index is 2.46. The number of hydrogen-bond acceptors (Lipinski definition) is 0. The number of hydrogen-bond donors (Lipinski definition) is 0. The lowest BCUT2D eigenvalue weighted by Crippen LogP contribution is -2.15. The van der Waals surface area contributed by atoms with Gasteiger partial charge in [0.15, 0.2) is 0 Å². The lowest BCUT2D eigenvalue weighted by molar-refractivity contribution is 0.661. The molecule has 0 nitrogen and oxygen atoms in total. The molecule has 0 radical (unpaired) electrons. The molecule has 48 heavy (non-hydrogen) atoms. The summed E-state index contributed by atoms with van der Waals surface area (Å²) < 4.78 is 0. The SMILES string of the molecule is CC(C)c1cc(-c2ccc3c(c2)C(C)(C)c2cc4ccccc4cc2-3)cc(-c2ccc3cc(-c4ccc5ccccc5c4)ccc3c2)c1. The molecule has 0 amide bonds. The van der Waals surface area contributed by atoms with Crippen LogP contribution in [0.4, 0.5) is 0 Å². The molecule has 0 aromatic heterocycles. The first-order valence-electron chi connectivity index (χ1n) is 17.2. The minimum Gasteiger partial charge on any atom is -0.0616 e. The van der Waals surface area contributed by atoms with Crippen molar-refractivity contribution in [2.45, 2.75) is 39.0 Å². The molecule has 8 aromatic carbocycles. The van der Waals surface area contributed by atoms with Gasteiger partial charge in [0.1, 0.15) is 0 Å². The zero-order valence-corrected chi connectivity index (χ0v) is 28.0. The highest BCUT2D eigenvalue weighted by Gasteiger charge is 2.36. The van der Waals surface area contributed by atoms with Crippen LogP contribution in [0.2, 0.25) is 0 Å². The van der Waals surface area contributed by atoms with E-state index in [9.17, 15) is 0 Å². The molecule has 0 spiro atoms. The largest absolute Gasteiger partial charge is 0.0616 e. The van der Waals surface area contributed by atoms with Crippen LogP contribution in [0.25, 0.3) is 76.8 Å². The van der Waals surface area contributed by atoms with Gasteiger partial charge in [0.25, 0.3) is 0 Å². The number of benzene rings is 8. The quantitative estimate of drug-likeness (QED) is 0.185. The Morgan fingerprint density at radius 1 is 0.354 bits per heavy atom. The molecule has 9 rings (SSSR count). The Labute approximate surface area is 283 Å². The number of rotatable bonds is 4. The summed E-state index contributed by atoms with van der Waals surface area (Å²) in [6, 6.07) is 57.0. The Bertz CT molecular complexity index is 2560. The van der Waals surface area contributed by atoms with Crippen molar-refractivity contribution in [1.29, 1.82) is 0 Å². The van der Waals surface area contributed by atoms with Gasteiger partial charge in [0.2, 0.25) is 0 Å². The molecule has 0 N–H and O–H groups in total. The van der Waals surface area contributed by atoms with E-state index >= 15 is 0 Å². The minimum atomic E-state index is -0.0623. The summed E-state index contributed by atoms with van der Waals surface area (Å²) in [6.45, 7) is 9.36. The summed E-state index contributed by atoms with van der Waals surface area (Å²) in [5.74, 6) is 0.427. The predicted octanol–water partition coefficient (Wildman–Crippen LogP) is 13.6. The fourth-order valence-corrected chi connectivity index (χ4v) is 7.89. The third-order valence-electron chi connectivity index (χ3n) is 10.8. The molecular weight excluding hydrogens is 577 g/mol. The molecule has 0 unspecified atom stereocenters. The van der Waals surface area contributed by atoms with Crippen molar-refractivity contribution in [1.82, 2.24) is 0 Å². The van der Waals surface area contributed by atoms with E-state index < -0.39 is 0 Å². The Hall–Kier alpha value is -5.46. The van der Waals surface area contributed by atoms with E-state index in [-0.39, 0.29) is 5.41 Å². The molecule has 0 heteroatoms. The molecule has 0 heterocycles. The average molecular weight is 615 g/mol. The lowest BCUT2D eigenvalue weighted by atomic mass is 9.81. The first-order valence-corrected chi connectivity index (χ1v) is 17.2. The highest BCUT2D eigenvalue weighted by Crippen LogP contribution is 2.51. The predicted molar refractivity (Wildman–Crippen MR) is 207 cm³/mol. The number of fused-ring (bicyclic) bond motifs is 6. The van der Waals surface area contributed by atoms with Crippen molar-refractivity contribution >= 4 is 32.3 Å². The Kier molecular flexibility index (Phi) is 6.46. The second-order valence-corrected chi connectivity index (χ2v) is 14.5. The maximum absolute atomic E-state index is 2.46. The monoisotopic (exact) mass is 614 g/mol. The van der Waals surface area contributed by atoms with Gasteiger partial charge in [-0.3, -0.25) is 0 Å². The lowest BCUT2D eigenvalue weighted by Gasteiger charge is -2.22. The van der Waals surface area contributed by atoms with Crippen LogP contribution >= 0.6 is 0 Å². The molecule has 0 fully saturated rings. The van der Waals surface area contributed by atoms with Crippen molar-refractivity contribution in [2.24, 2.45) is 0 Å². The summed E-state index contributed by atoms with van der Waals surface area (Å²) >= 11 is 0. The smallest absolute Gasteiger partial charge is 0.0159 e. The molecule has 0 atom stereocenters. The normalized spacial score (nSPS) is 13.4. The van der Waals surface area contributed by atoms with Gasteiger partial charge in [-0.05, 0) is 142 Å². The second kappa shape index (κ2) is 10.8. The summed E-state index contributed by atoms with van der Waals surface area (Å²) in [5.41, 5.74) is 14.5. The van der Waals surface area contributed by atoms with Gasteiger partial charge in [0.05, 0.1) is 0 Å². The molecule has 1 aliphatic carbocycles. The van der Waals surface area contributed by atoms with Gasteiger partial charge in [-0.1, -0.05) is 137 Å². The van der Waals surface area contributed by atoms with Crippen molar-refractivity contribution in [3.8, 4) is 44.5 Å². The molecule has 0 bridgehead atoms. The van der Waals surface area contributed by atoms with Crippen LogP contribution in [0.3, 0.4) is 0 Å². The Balaban J connectivity index is 1.10. The Morgan fingerprint density at radius 2 is 0.792 bits per heavy atom. The highest BCUT2D eigenvalue weighted by atomic mass is 14.4. The van der Waals surface area contributed by atoms with Crippen molar-refractivity contribution in [2.75, 3.05) is 0 Å². The van der Waals surface area contributed by atoms with Crippen LogP contribution in [-0.2, 0) is 5.41 Å². The summed E-state index contributed by atoms with van der Waals surface area (Å²) in [4.78, 5) is 0. The highest BCUT2D eigenvalue weighted by molar-refractivity contribution is 5.95. The third-order valence-corrected chi connectivity index (χ3v) is 10.8. The standard InChI is InChI=1S/C48H38/c1-30(2)41-24-42(39-18-17-37-22-36(15-16-38(37)23-39)35-14-13-31-9-5-6-10-32(31)21-35)26-43(25-41)40-19-20-44-45-27-33-11-7-8-12-34(33)28-47(45)48(3,4)46(44)29-40/h5-30H,1-4H3. The zero-order valence-electron chi connectivity index (χ0n) is 28.0. The van der Waals surface area contributed by atoms with Gasteiger partial charge < -0.3 is 0 Å². The van der Waals surface area contributed by atoms with Crippen LogP contribution in [0.15, 0.2) is 152 Å². The van der Waals surface area contributed by atoms with Crippen LogP contribution in [0, 0.1) is 0 Å². The van der Waals surface area contributed by atoms with Crippen LogP contribution in [0.5, 0.6) is 0 Å². The fourth-order valence-electron chi connectivity index (χ4n) is 7.89. The van der Waals surface area contributed by atoms with Crippen LogP contribution in [0.1, 0.15) is 50.3 Å². The first-order chi connectivity index (χ1) is 23.3. The Morgan fingerprint density at radius 3 is 1.40 bits per heavy atom. The van der Waals surface area contributed by atoms with Gasteiger partial charge in [-0.25, -0.2) is 0 Å². The molecule has 0 saturated heterocycles.